The minimum Gasteiger partial charge on any atom is -0.496 e. The van der Waals surface area contributed by atoms with E-state index in [0.29, 0.717) is 0 Å². The van der Waals surface area contributed by atoms with Gasteiger partial charge in [-0.05, 0) is 18.2 Å². The third kappa shape index (κ3) is 3.90. The van der Waals surface area contributed by atoms with Gasteiger partial charge in [0, 0.05) is 0 Å². The van der Waals surface area contributed by atoms with Crippen molar-refractivity contribution in [1.82, 2.24) is 4.72 Å². The Morgan fingerprint density at radius 3 is 2.48 bits per heavy atom. The second kappa shape index (κ2) is 6.52. The van der Waals surface area contributed by atoms with E-state index in [0.717, 1.165) is 12.1 Å². The number of nitrogens with one attached hydrogen (secondary N) is 1. The molecule has 21 heavy (non-hydrogen) atoms. The minimum absolute atomic E-state index is 0.0818. The zero-order chi connectivity index (χ0) is 16.2. The maximum Gasteiger partial charge on any atom is 0.324 e. The molecule has 0 aromatic heterocycles. The zero-order valence-electron chi connectivity index (χ0n) is 10.9. The van der Waals surface area contributed by atoms with E-state index < -0.39 is 34.5 Å². The van der Waals surface area contributed by atoms with Crippen LogP contribution < -0.4 is 15.2 Å². The first-order chi connectivity index (χ1) is 9.72. The molecule has 10 heteroatoms. The van der Waals surface area contributed by atoms with Crippen LogP contribution in [-0.2, 0) is 14.8 Å². The molecule has 0 aliphatic carbocycles. The van der Waals surface area contributed by atoms with Crippen molar-refractivity contribution in [2.45, 2.75) is 10.9 Å². The Bertz CT molecular complexity index is 657. The molecular weight excluding hydrogens is 304 g/mol. The molecule has 0 saturated heterocycles. The number of rotatable bonds is 7. The number of aliphatic carboxylic acids is 1. The number of aliphatic hydroxyl groups is 1. The quantitative estimate of drug-likeness (QED) is 0.477. The van der Waals surface area contributed by atoms with Crippen LogP contribution >= 0.6 is 0 Å². The van der Waals surface area contributed by atoms with E-state index in [1.165, 1.54) is 13.2 Å². The van der Waals surface area contributed by atoms with Crippen LogP contribution in [0.5, 0.6) is 5.75 Å². The van der Waals surface area contributed by atoms with Crippen molar-refractivity contribution in [2.24, 2.45) is 5.73 Å². The van der Waals surface area contributed by atoms with Crippen molar-refractivity contribution in [3.8, 4) is 5.75 Å². The van der Waals surface area contributed by atoms with Gasteiger partial charge < -0.3 is 20.7 Å². The van der Waals surface area contributed by atoms with Crippen LogP contribution in [0.15, 0.2) is 23.1 Å². The van der Waals surface area contributed by atoms with Crippen LogP contribution in [0.1, 0.15) is 10.4 Å². The summed E-state index contributed by atoms with van der Waals surface area (Å²) in [7, 11) is -2.97. The zero-order valence-corrected chi connectivity index (χ0v) is 11.8. The molecule has 1 aromatic carbocycles. The Balaban J connectivity index is 3.23. The van der Waals surface area contributed by atoms with Gasteiger partial charge in [-0.2, -0.15) is 4.72 Å². The molecule has 0 bridgehead atoms. The van der Waals surface area contributed by atoms with Gasteiger partial charge in [0.05, 0.1) is 24.2 Å². The first-order valence-electron chi connectivity index (χ1n) is 5.56. The average molecular weight is 318 g/mol. The van der Waals surface area contributed by atoms with Crippen molar-refractivity contribution in [1.29, 1.82) is 0 Å². The molecular formula is C11H14N2O7S. The summed E-state index contributed by atoms with van der Waals surface area (Å²) < 4.78 is 30.7. The lowest BCUT2D eigenvalue weighted by atomic mass is 10.2. The van der Waals surface area contributed by atoms with Crippen molar-refractivity contribution in [3.05, 3.63) is 23.8 Å². The van der Waals surface area contributed by atoms with Crippen LogP contribution in [0.3, 0.4) is 0 Å². The van der Waals surface area contributed by atoms with E-state index >= 15 is 0 Å². The third-order valence-electron chi connectivity index (χ3n) is 2.52. The topological polar surface area (TPSA) is 156 Å². The van der Waals surface area contributed by atoms with E-state index in [9.17, 15) is 18.0 Å². The standard InChI is InChI=1S/C11H14N2O7S/c1-20-9-3-2-6(4-7(9)10(12)15)21(18,19)13-8(5-14)11(16)17/h2-4,8,13-14H,5H2,1H3,(H2,12,15)(H,16,17)/t8-/m1/s1. The highest BCUT2D eigenvalue weighted by Crippen LogP contribution is 2.22. The smallest absolute Gasteiger partial charge is 0.324 e. The Morgan fingerprint density at radius 2 is 2.05 bits per heavy atom. The number of aliphatic hydroxyl groups excluding tert-OH is 1. The Morgan fingerprint density at radius 1 is 1.43 bits per heavy atom. The predicted molar refractivity (Wildman–Crippen MR) is 70.3 cm³/mol. The van der Waals surface area contributed by atoms with Crippen LogP contribution in [0.4, 0.5) is 0 Å². The summed E-state index contributed by atoms with van der Waals surface area (Å²) in [4.78, 5) is 21.6. The fraction of sp³-hybridized carbons (Fsp3) is 0.273. The molecule has 0 fully saturated rings. The lowest BCUT2D eigenvalue weighted by molar-refractivity contribution is -0.139. The number of methoxy groups -OCH3 is 1. The summed E-state index contributed by atoms with van der Waals surface area (Å²) in [6.07, 6.45) is 0. The fourth-order valence-electron chi connectivity index (χ4n) is 1.47. The summed E-state index contributed by atoms with van der Waals surface area (Å²) in [6, 6.07) is 1.58. The van der Waals surface area contributed by atoms with Gasteiger partial charge in [-0.25, -0.2) is 8.42 Å². The summed E-state index contributed by atoms with van der Waals surface area (Å²) in [5.74, 6) is -2.36. The average Bonchev–Trinajstić information content (AvgIpc) is 2.43. The molecule has 9 nitrogen and oxygen atoms in total. The van der Waals surface area contributed by atoms with Gasteiger partial charge in [-0.3, -0.25) is 9.59 Å². The lowest BCUT2D eigenvalue weighted by Gasteiger charge is -2.13. The van der Waals surface area contributed by atoms with E-state index in [2.05, 4.69) is 0 Å². The molecule has 0 saturated carbocycles. The molecule has 0 spiro atoms. The minimum atomic E-state index is -4.25. The molecule has 0 heterocycles. The van der Waals surface area contributed by atoms with Gasteiger partial charge in [0.15, 0.2) is 0 Å². The molecule has 0 radical (unpaired) electrons. The molecule has 1 amide bonds. The summed E-state index contributed by atoms with van der Waals surface area (Å²) in [6.45, 7) is -0.923. The predicted octanol–water partition coefficient (Wildman–Crippen LogP) is -1.48. The summed E-state index contributed by atoms with van der Waals surface area (Å²) in [5.41, 5.74) is 4.94. The van der Waals surface area contributed by atoms with Crippen molar-refractivity contribution < 1.29 is 33.0 Å². The Hall–Kier alpha value is -2.17. The number of hydrogen-bond donors (Lipinski definition) is 4. The second-order valence-corrected chi connectivity index (χ2v) is 5.64. The molecule has 5 N–H and O–H groups in total. The van der Waals surface area contributed by atoms with Crippen LogP contribution in [-0.4, -0.2) is 50.3 Å². The molecule has 1 aromatic rings. The van der Waals surface area contributed by atoms with Crippen LogP contribution in [0.2, 0.25) is 0 Å². The molecule has 1 atom stereocenters. The van der Waals surface area contributed by atoms with Gasteiger partial charge in [0.1, 0.15) is 11.8 Å². The number of nitrogens with two attached hydrogens (primary N) is 1. The number of ether oxygens (including phenoxy) is 1. The molecule has 116 valence electrons. The maximum atomic E-state index is 12.0. The van der Waals surface area contributed by atoms with Gasteiger partial charge in [-0.1, -0.05) is 0 Å². The first-order valence-corrected chi connectivity index (χ1v) is 7.05. The Kier molecular flexibility index (Phi) is 5.24. The monoisotopic (exact) mass is 318 g/mol. The van der Waals surface area contributed by atoms with Crippen molar-refractivity contribution >= 4 is 21.9 Å². The van der Waals surface area contributed by atoms with Crippen LogP contribution in [0.25, 0.3) is 0 Å². The van der Waals surface area contributed by atoms with Gasteiger partial charge in [-0.15, -0.1) is 0 Å². The molecule has 0 aliphatic heterocycles. The number of primary amides is 1. The molecule has 0 aliphatic rings. The number of carboxylic acid groups (broad SMARTS) is 1. The van der Waals surface area contributed by atoms with Gasteiger partial charge >= 0.3 is 5.97 Å². The highest BCUT2D eigenvalue weighted by atomic mass is 32.2. The van der Waals surface area contributed by atoms with Crippen molar-refractivity contribution in [2.75, 3.05) is 13.7 Å². The largest absolute Gasteiger partial charge is 0.496 e. The van der Waals surface area contributed by atoms with Crippen LogP contribution in [0, 0.1) is 0 Å². The third-order valence-corrected chi connectivity index (χ3v) is 3.99. The molecule has 1 rings (SSSR count). The number of benzene rings is 1. The normalized spacial score (nSPS) is 12.7. The number of amides is 1. The number of carboxylic acids is 1. The van der Waals surface area contributed by atoms with Crippen molar-refractivity contribution in [3.63, 3.8) is 0 Å². The summed E-state index contributed by atoms with van der Waals surface area (Å²) in [5, 5.41) is 17.6. The highest BCUT2D eigenvalue weighted by Gasteiger charge is 2.26. The number of carbonyl (C=O) groups is 2. The SMILES string of the molecule is COc1ccc(S(=O)(=O)N[C@H](CO)C(=O)O)cc1C(N)=O. The van der Waals surface area contributed by atoms with Gasteiger partial charge in [0.25, 0.3) is 5.91 Å². The van der Waals surface area contributed by atoms with E-state index in [1.807, 2.05) is 0 Å². The number of hydrogen-bond acceptors (Lipinski definition) is 6. The van der Waals surface area contributed by atoms with Gasteiger partial charge in [0.2, 0.25) is 10.0 Å². The van der Waals surface area contributed by atoms with E-state index in [1.54, 1.807) is 4.72 Å². The second-order valence-electron chi connectivity index (χ2n) is 3.92. The number of carbonyl (C=O) groups excluding carboxylic acids is 1. The maximum absolute atomic E-state index is 12.0. The molecule has 0 unspecified atom stereocenters. The van der Waals surface area contributed by atoms with E-state index in [4.69, 9.17) is 20.7 Å². The highest BCUT2D eigenvalue weighted by molar-refractivity contribution is 7.89. The van der Waals surface area contributed by atoms with E-state index in [-0.39, 0.29) is 16.2 Å². The Labute approximate surface area is 120 Å². The first kappa shape index (κ1) is 16.9. The summed E-state index contributed by atoms with van der Waals surface area (Å²) >= 11 is 0. The lowest BCUT2D eigenvalue weighted by Crippen LogP contribution is -2.43. The fourth-order valence-corrected chi connectivity index (χ4v) is 2.67. The number of sulfonamides is 1.